The van der Waals surface area contributed by atoms with Gasteiger partial charge in [0.2, 0.25) is 5.91 Å². The number of piperazine rings is 1. The van der Waals surface area contributed by atoms with Crippen LogP contribution in [0.15, 0.2) is 59.1 Å². The third kappa shape index (κ3) is 5.28. The Kier molecular flexibility index (Phi) is 6.05. The van der Waals surface area contributed by atoms with Crippen LogP contribution in [0.5, 0.6) is 0 Å². The highest BCUT2D eigenvalue weighted by Crippen LogP contribution is 2.13. The van der Waals surface area contributed by atoms with Gasteiger partial charge in [-0.15, -0.1) is 0 Å². The van der Waals surface area contributed by atoms with E-state index in [4.69, 9.17) is 0 Å². The number of benzene rings is 2. The molecule has 1 aliphatic rings. The summed E-state index contributed by atoms with van der Waals surface area (Å²) in [5.41, 5.74) is 3.66. The first-order valence-electron chi connectivity index (χ1n) is 8.60. The average molecular weight is 399 g/mol. The van der Waals surface area contributed by atoms with Crippen molar-refractivity contribution in [3.8, 4) is 0 Å². The van der Waals surface area contributed by atoms with Crippen LogP contribution in [0, 0.1) is 6.92 Å². The predicted octanol–water partition coefficient (Wildman–Crippen LogP) is 4.12. The lowest BCUT2D eigenvalue weighted by Crippen LogP contribution is -2.47. The molecule has 0 aromatic heterocycles. The summed E-state index contributed by atoms with van der Waals surface area (Å²) in [6.45, 7) is 6.48. The number of carbonyl (C=O) groups is 1. The summed E-state index contributed by atoms with van der Waals surface area (Å²) in [5, 5.41) is 0. The van der Waals surface area contributed by atoms with E-state index in [1.807, 2.05) is 35.2 Å². The molecule has 0 atom stereocenters. The second-order valence-corrected chi connectivity index (χ2v) is 7.39. The van der Waals surface area contributed by atoms with Gasteiger partial charge in [-0.3, -0.25) is 9.69 Å². The molecule has 2 aromatic rings. The highest BCUT2D eigenvalue weighted by atomic mass is 79.9. The molecule has 1 heterocycles. The van der Waals surface area contributed by atoms with Crippen LogP contribution in [0.2, 0.25) is 0 Å². The maximum atomic E-state index is 12.4. The van der Waals surface area contributed by atoms with Gasteiger partial charge in [-0.2, -0.15) is 0 Å². The van der Waals surface area contributed by atoms with Gasteiger partial charge in [0.25, 0.3) is 0 Å². The monoisotopic (exact) mass is 398 g/mol. The molecule has 1 saturated heterocycles. The normalized spacial score (nSPS) is 15.7. The molecule has 1 aliphatic heterocycles. The van der Waals surface area contributed by atoms with Crippen molar-refractivity contribution in [3.63, 3.8) is 0 Å². The fraction of sp³-hybridized carbons (Fsp3) is 0.286. The lowest BCUT2D eigenvalue weighted by molar-refractivity contribution is -0.127. The number of rotatable bonds is 4. The predicted molar refractivity (Wildman–Crippen MR) is 106 cm³/mol. The number of amides is 1. The molecule has 3 nitrogen and oxygen atoms in total. The van der Waals surface area contributed by atoms with E-state index in [-0.39, 0.29) is 5.91 Å². The molecule has 4 heteroatoms. The van der Waals surface area contributed by atoms with Crippen LogP contribution >= 0.6 is 15.9 Å². The number of hydrogen-bond acceptors (Lipinski definition) is 2. The molecule has 3 rings (SSSR count). The molecule has 1 fully saturated rings. The van der Waals surface area contributed by atoms with Gasteiger partial charge in [0.05, 0.1) is 0 Å². The Balaban J connectivity index is 1.48. The first-order valence-corrected chi connectivity index (χ1v) is 9.40. The highest BCUT2D eigenvalue weighted by Gasteiger charge is 2.19. The van der Waals surface area contributed by atoms with Gasteiger partial charge in [0.1, 0.15) is 0 Å². The molecule has 0 N–H and O–H groups in total. The minimum atomic E-state index is 0.0953. The van der Waals surface area contributed by atoms with Gasteiger partial charge in [-0.05, 0) is 36.3 Å². The average Bonchev–Trinajstić information content (AvgIpc) is 2.63. The van der Waals surface area contributed by atoms with Gasteiger partial charge in [-0.25, -0.2) is 0 Å². The van der Waals surface area contributed by atoms with Crippen LogP contribution in [0.1, 0.15) is 16.7 Å². The van der Waals surface area contributed by atoms with Crippen LogP contribution in [0.4, 0.5) is 0 Å². The zero-order valence-corrected chi connectivity index (χ0v) is 16.1. The second-order valence-electron chi connectivity index (χ2n) is 6.47. The molecular formula is C21H23BrN2O. The summed E-state index contributed by atoms with van der Waals surface area (Å²) in [4.78, 5) is 16.7. The summed E-state index contributed by atoms with van der Waals surface area (Å²) >= 11 is 3.42. The van der Waals surface area contributed by atoms with E-state index in [0.717, 1.165) is 42.8 Å². The Morgan fingerprint density at radius 2 is 1.64 bits per heavy atom. The first-order chi connectivity index (χ1) is 12.1. The third-order valence-corrected chi connectivity index (χ3v) is 5.03. The third-order valence-electron chi connectivity index (χ3n) is 4.50. The fourth-order valence-corrected chi connectivity index (χ4v) is 3.19. The van der Waals surface area contributed by atoms with Crippen molar-refractivity contribution in [1.82, 2.24) is 9.80 Å². The van der Waals surface area contributed by atoms with Crippen molar-refractivity contribution >= 4 is 27.9 Å². The van der Waals surface area contributed by atoms with Gasteiger partial charge in [0.15, 0.2) is 0 Å². The van der Waals surface area contributed by atoms with E-state index in [9.17, 15) is 4.79 Å². The lowest BCUT2D eigenvalue weighted by Gasteiger charge is -2.34. The van der Waals surface area contributed by atoms with Gasteiger partial charge in [-0.1, -0.05) is 57.9 Å². The Bertz CT molecular complexity index is 729. The van der Waals surface area contributed by atoms with Crippen molar-refractivity contribution in [1.29, 1.82) is 0 Å². The molecule has 0 unspecified atom stereocenters. The summed E-state index contributed by atoms with van der Waals surface area (Å²) in [6.07, 6.45) is 3.56. The van der Waals surface area contributed by atoms with Crippen LogP contribution in [0.25, 0.3) is 6.08 Å². The number of aryl methyl sites for hydroxylation is 1. The Morgan fingerprint density at radius 3 is 2.28 bits per heavy atom. The molecule has 0 spiro atoms. The number of carbonyl (C=O) groups excluding carboxylic acids is 1. The zero-order valence-electron chi connectivity index (χ0n) is 14.5. The van der Waals surface area contributed by atoms with Crippen LogP contribution in [-0.2, 0) is 11.3 Å². The maximum Gasteiger partial charge on any atom is 0.246 e. The molecular weight excluding hydrogens is 376 g/mol. The highest BCUT2D eigenvalue weighted by molar-refractivity contribution is 9.10. The number of halogens is 1. The Labute approximate surface area is 158 Å². The van der Waals surface area contributed by atoms with E-state index < -0.39 is 0 Å². The molecule has 130 valence electrons. The Hall–Kier alpha value is -1.91. The van der Waals surface area contributed by atoms with Gasteiger partial charge in [0, 0.05) is 43.3 Å². The fourth-order valence-electron chi connectivity index (χ4n) is 2.92. The molecule has 1 amide bonds. The standard InChI is InChI=1S/C21H23BrN2O/c1-17-2-4-19(5-3-17)16-23-12-14-24(15-13-23)21(25)11-8-18-6-9-20(22)10-7-18/h2-11H,12-16H2,1H3/b11-8+. The van der Waals surface area contributed by atoms with E-state index in [1.54, 1.807) is 6.08 Å². The van der Waals surface area contributed by atoms with E-state index in [1.165, 1.54) is 11.1 Å². The largest absolute Gasteiger partial charge is 0.337 e. The topological polar surface area (TPSA) is 23.6 Å². The quantitative estimate of drug-likeness (QED) is 0.723. The minimum absolute atomic E-state index is 0.0953. The maximum absolute atomic E-state index is 12.4. The van der Waals surface area contributed by atoms with Gasteiger partial charge < -0.3 is 4.90 Å². The molecule has 25 heavy (non-hydrogen) atoms. The Morgan fingerprint density at radius 1 is 1.00 bits per heavy atom. The number of nitrogens with zero attached hydrogens (tertiary/aromatic N) is 2. The van der Waals surface area contributed by atoms with Crippen LogP contribution < -0.4 is 0 Å². The number of hydrogen-bond donors (Lipinski definition) is 0. The summed E-state index contributed by atoms with van der Waals surface area (Å²) in [6, 6.07) is 16.6. The van der Waals surface area contributed by atoms with Crippen molar-refractivity contribution in [3.05, 3.63) is 75.8 Å². The van der Waals surface area contributed by atoms with Crippen LogP contribution in [-0.4, -0.2) is 41.9 Å². The van der Waals surface area contributed by atoms with Crippen LogP contribution in [0.3, 0.4) is 0 Å². The SMILES string of the molecule is Cc1ccc(CN2CCN(C(=O)/C=C/c3ccc(Br)cc3)CC2)cc1. The smallest absolute Gasteiger partial charge is 0.246 e. The molecule has 0 aliphatic carbocycles. The van der Waals surface area contributed by atoms with Crippen molar-refractivity contribution in [2.45, 2.75) is 13.5 Å². The molecule has 0 radical (unpaired) electrons. The first kappa shape index (κ1) is 17.9. The summed E-state index contributed by atoms with van der Waals surface area (Å²) < 4.78 is 1.04. The van der Waals surface area contributed by atoms with E-state index >= 15 is 0 Å². The lowest BCUT2D eigenvalue weighted by atomic mass is 10.1. The second kappa shape index (κ2) is 8.45. The van der Waals surface area contributed by atoms with E-state index in [2.05, 4.69) is 52.0 Å². The molecule has 0 bridgehead atoms. The zero-order chi connectivity index (χ0) is 17.6. The van der Waals surface area contributed by atoms with E-state index in [0.29, 0.717) is 0 Å². The van der Waals surface area contributed by atoms with Gasteiger partial charge >= 0.3 is 0 Å². The van der Waals surface area contributed by atoms with Crippen molar-refractivity contribution in [2.24, 2.45) is 0 Å². The van der Waals surface area contributed by atoms with Crippen molar-refractivity contribution < 1.29 is 4.79 Å². The molecule has 0 saturated carbocycles. The summed E-state index contributed by atoms with van der Waals surface area (Å²) in [5.74, 6) is 0.0953. The summed E-state index contributed by atoms with van der Waals surface area (Å²) in [7, 11) is 0. The van der Waals surface area contributed by atoms with Crippen molar-refractivity contribution in [2.75, 3.05) is 26.2 Å². The minimum Gasteiger partial charge on any atom is -0.337 e. The molecule has 2 aromatic carbocycles.